The van der Waals surface area contributed by atoms with Gasteiger partial charge in [-0.05, 0) is 25.7 Å². The molecule has 0 fully saturated rings. The lowest BCUT2D eigenvalue weighted by Crippen LogP contribution is -2.45. The molecule has 0 aromatic heterocycles. The van der Waals surface area contributed by atoms with Gasteiger partial charge in [0, 0.05) is 12.8 Å². The van der Waals surface area contributed by atoms with Crippen LogP contribution >= 0.6 is 0 Å². The number of carbonyl (C=O) groups is 2. The highest BCUT2D eigenvalue weighted by molar-refractivity contribution is 5.76. The fourth-order valence-electron chi connectivity index (χ4n) is 14.0. The number of unbranched alkanes of at least 4 members (excludes halogenated alkanes) is 70. The Balaban J connectivity index is 3.27. The first-order valence-electron chi connectivity index (χ1n) is 42.3. The van der Waals surface area contributed by atoms with Crippen LogP contribution in [0.25, 0.3) is 0 Å². The molecule has 2 atom stereocenters. The molecule has 6 nitrogen and oxygen atoms in total. The van der Waals surface area contributed by atoms with E-state index in [2.05, 4.69) is 19.2 Å². The van der Waals surface area contributed by atoms with Gasteiger partial charge in [0.2, 0.25) is 5.91 Å². The molecule has 6 heteroatoms. The van der Waals surface area contributed by atoms with Crippen molar-refractivity contribution in [1.82, 2.24) is 5.32 Å². The Morgan fingerprint density at radius 1 is 0.267 bits per heavy atom. The highest BCUT2D eigenvalue weighted by Crippen LogP contribution is 2.21. The third kappa shape index (κ3) is 75.9. The first-order chi connectivity index (χ1) is 44.5. The van der Waals surface area contributed by atoms with E-state index in [0.717, 1.165) is 38.5 Å². The summed E-state index contributed by atoms with van der Waals surface area (Å²) in [6.07, 6.45) is 101. The predicted molar refractivity (Wildman–Crippen MR) is 398 cm³/mol. The van der Waals surface area contributed by atoms with E-state index >= 15 is 0 Å². The number of nitrogens with one attached hydrogen (secondary N) is 1. The maximum absolute atomic E-state index is 12.6. The van der Waals surface area contributed by atoms with E-state index in [0.29, 0.717) is 25.9 Å². The second kappa shape index (κ2) is 80.3. The molecule has 0 aliphatic heterocycles. The van der Waals surface area contributed by atoms with Crippen molar-refractivity contribution < 1.29 is 24.5 Å². The molecule has 90 heavy (non-hydrogen) atoms. The zero-order chi connectivity index (χ0) is 64.9. The maximum Gasteiger partial charge on any atom is 0.305 e. The lowest BCUT2D eigenvalue weighted by atomic mass is 10.0. The number of aliphatic hydroxyl groups excluding tert-OH is 2. The third-order valence-corrected chi connectivity index (χ3v) is 20.4. The van der Waals surface area contributed by atoms with Crippen molar-refractivity contribution in [1.29, 1.82) is 0 Å². The highest BCUT2D eigenvalue weighted by Gasteiger charge is 2.20. The molecular weight excluding hydrogens is 1100 g/mol. The molecule has 0 radical (unpaired) electrons. The molecule has 0 saturated carbocycles. The summed E-state index contributed by atoms with van der Waals surface area (Å²) in [6.45, 7) is 5.02. The third-order valence-electron chi connectivity index (χ3n) is 20.4. The molecule has 0 aliphatic carbocycles. The van der Waals surface area contributed by atoms with E-state index in [4.69, 9.17) is 4.74 Å². The van der Waals surface area contributed by atoms with Crippen LogP contribution in [0, 0.1) is 0 Å². The smallest absolute Gasteiger partial charge is 0.305 e. The molecule has 0 aromatic rings. The van der Waals surface area contributed by atoms with E-state index in [1.807, 2.05) is 0 Å². The molecule has 0 spiro atoms. The molecule has 0 rings (SSSR count). The Morgan fingerprint density at radius 3 is 0.678 bits per heavy atom. The highest BCUT2D eigenvalue weighted by atomic mass is 16.5. The molecule has 538 valence electrons. The Morgan fingerprint density at radius 2 is 0.456 bits per heavy atom. The molecule has 0 bridgehead atoms. The zero-order valence-electron chi connectivity index (χ0n) is 61.9. The fraction of sp³-hybridized carbons (Fsp3) is 0.976. The molecule has 1 amide bonds. The van der Waals surface area contributed by atoms with Crippen LogP contribution in [-0.4, -0.2) is 47.4 Å². The second-order valence-corrected chi connectivity index (χ2v) is 29.5. The average Bonchev–Trinajstić information content (AvgIpc) is 3.59. The molecule has 0 aromatic carbocycles. The van der Waals surface area contributed by atoms with Crippen molar-refractivity contribution in [3.63, 3.8) is 0 Å². The van der Waals surface area contributed by atoms with Gasteiger partial charge in [-0.2, -0.15) is 0 Å². The Hall–Kier alpha value is -1.14. The summed E-state index contributed by atoms with van der Waals surface area (Å²) in [5.41, 5.74) is 0. The van der Waals surface area contributed by atoms with Gasteiger partial charge in [-0.25, -0.2) is 0 Å². The number of esters is 1. The van der Waals surface area contributed by atoms with Crippen LogP contribution in [0.1, 0.15) is 502 Å². The SMILES string of the molecule is CCCCCCCCCCCCCCCCCCCCC(O)C(CO)NC(=O)CCCCCCCCCCCCCCCCCCCCCCCCCCCCCCCCCCCCCCCCCOC(=O)CCCCCCCCCCCCCCCCCC. The van der Waals surface area contributed by atoms with Crippen LogP contribution in [0.2, 0.25) is 0 Å². The summed E-state index contributed by atoms with van der Waals surface area (Å²) >= 11 is 0. The summed E-state index contributed by atoms with van der Waals surface area (Å²) in [5, 5.41) is 23.4. The lowest BCUT2D eigenvalue weighted by Gasteiger charge is -2.22. The molecule has 0 heterocycles. The van der Waals surface area contributed by atoms with Crippen LogP contribution < -0.4 is 5.32 Å². The van der Waals surface area contributed by atoms with Crippen molar-refractivity contribution in [2.45, 2.75) is 514 Å². The number of amides is 1. The molecule has 2 unspecified atom stereocenters. The van der Waals surface area contributed by atoms with Crippen LogP contribution in [-0.2, 0) is 14.3 Å². The first-order valence-corrected chi connectivity index (χ1v) is 42.3. The van der Waals surface area contributed by atoms with Crippen LogP contribution in [0.15, 0.2) is 0 Å². The molecule has 3 N–H and O–H groups in total. The summed E-state index contributed by atoms with van der Waals surface area (Å²) in [7, 11) is 0. The molecular formula is C84H167NO5. The van der Waals surface area contributed by atoms with Gasteiger partial charge in [-0.1, -0.05) is 463 Å². The van der Waals surface area contributed by atoms with E-state index in [1.165, 1.54) is 430 Å². The van der Waals surface area contributed by atoms with Crippen molar-refractivity contribution >= 4 is 11.9 Å². The van der Waals surface area contributed by atoms with Gasteiger partial charge in [0.15, 0.2) is 0 Å². The van der Waals surface area contributed by atoms with E-state index in [9.17, 15) is 19.8 Å². The topological polar surface area (TPSA) is 95.9 Å². The van der Waals surface area contributed by atoms with Gasteiger partial charge < -0.3 is 20.3 Å². The standard InChI is InChI=1S/C84H167NO5/c1-3-5-7-9-11-13-15-17-19-21-45-48-52-56-60-64-68-72-76-82(87)81(80-86)85-83(88)77-73-69-65-61-57-53-49-46-43-41-39-37-35-33-31-29-27-25-23-22-24-26-28-30-32-34-36-38-40-42-44-47-51-55-59-63-67-71-75-79-90-84(89)78-74-70-66-62-58-54-50-20-18-16-14-12-10-8-6-4-2/h81-82,86-87H,3-80H2,1-2H3,(H,85,88). The van der Waals surface area contributed by atoms with Crippen molar-refractivity contribution in [2.75, 3.05) is 13.2 Å². The second-order valence-electron chi connectivity index (χ2n) is 29.5. The minimum atomic E-state index is -0.659. The number of carbonyl (C=O) groups excluding carboxylic acids is 2. The minimum absolute atomic E-state index is 0.0233. The largest absolute Gasteiger partial charge is 0.466 e. The first kappa shape index (κ1) is 88.9. The van der Waals surface area contributed by atoms with E-state index in [1.54, 1.807) is 0 Å². The quantitative estimate of drug-likeness (QED) is 0.0417. The van der Waals surface area contributed by atoms with Gasteiger partial charge in [-0.15, -0.1) is 0 Å². The predicted octanol–water partition coefficient (Wildman–Crippen LogP) is 28.1. The summed E-state index contributed by atoms with van der Waals surface area (Å²) in [5.74, 6) is 0.00578. The van der Waals surface area contributed by atoms with Gasteiger partial charge in [0.1, 0.15) is 0 Å². The van der Waals surface area contributed by atoms with Gasteiger partial charge >= 0.3 is 5.97 Å². The minimum Gasteiger partial charge on any atom is -0.466 e. The number of hydrogen-bond donors (Lipinski definition) is 3. The Kier molecular flexibility index (Phi) is 79.3. The van der Waals surface area contributed by atoms with Gasteiger partial charge in [0.05, 0.1) is 25.4 Å². The van der Waals surface area contributed by atoms with Crippen molar-refractivity contribution in [2.24, 2.45) is 0 Å². The summed E-state index contributed by atoms with van der Waals surface area (Å²) in [6, 6.07) is -0.536. The summed E-state index contributed by atoms with van der Waals surface area (Å²) < 4.78 is 5.52. The van der Waals surface area contributed by atoms with Crippen LogP contribution in [0.4, 0.5) is 0 Å². The Bertz CT molecular complexity index is 1320. The number of hydrogen-bond acceptors (Lipinski definition) is 5. The number of ether oxygens (including phenoxy) is 1. The molecule has 0 saturated heterocycles. The van der Waals surface area contributed by atoms with Crippen LogP contribution in [0.3, 0.4) is 0 Å². The fourth-order valence-corrected chi connectivity index (χ4v) is 14.0. The normalized spacial score (nSPS) is 12.4. The lowest BCUT2D eigenvalue weighted by molar-refractivity contribution is -0.143. The average molecular weight is 1270 g/mol. The van der Waals surface area contributed by atoms with E-state index < -0.39 is 12.1 Å². The monoisotopic (exact) mass is 1270 g/mol. The zero-order valence-corrected chi connectivity index (χ0v) is 61.9. The number of rotatable bonds is 81. The van der Waals surface area contributed by atoms with E-state index in [-0.39, 0.29) is 18.5 Å². The Labute approximate surface area is 566 Å². The van der Waals surface area contributed by atoms with Crippen LogP contribution in [0.5, 0.6) is 0 Å². The van der Waals surface area contributed by atoms with Gasteiger partial charge in [0.25, 0.3) is 0 Å². The number of aliphatic hydroxyl groups is 2. The summed E-state index contributed by atoms with van der Waals surface area (Å²) in [4.78, 5) is 24.7. The van der Waals surface area contributed by atoms with Crippen molar-refractivity contribution in [3.8, 4) is 0 Å². The maximum atomic E-state index is 12.6. The molecule has 0 aliphatic rings. The van der Waals surface area contributed by atoms with Gasteiger partial charge in [-0.3, -0.25) is 9.59 Å². The van der Waals surface area contributed by atoms with Crippen molar-refractivity contribution in [3.05, 3.63) is 0 Å².